The molecule has 0 aliphatic carbocycles. The van der Waals surface area contributed by atoms with Crippen LogP contribution in [-0.4, -0.2) is 17.3 Å². The second-order valence-electron chi connectivity index (χ2n) is 4.95. The van der Waals surface area contributed by atoms with E-state index in [1.54, 1.807) is 0 Å². The monoisotopic (exact) mass is 235 g/mol. The Morgan fingerprint density at radius 3 is 2.29 bits per heavy atom. The topological polar surface area (TPSA) is 32.3 Å². The third kappa shape index (κ3) is 4.14. The Kier molecular flexibility index (Phi) is 5.16. The van der Waals surface area contributed by atoms with Gasteiger partial charge in [0.25, 0.3) is 0 Å². The highest BCUT2D eigenvalue weighted by atomic mass is 16.3. The molecule has 0 unspecified atom stereocenters. The van der Waals surface area contributed by atoms with E-state index in [0.29, 0.717) is 6.54 Å². The number of nitrogens with one attached hydrogen (secondary N) is 1. The highest BCUT2D eigenvalue weighted by molar-refractivity contribution is 5.29. The summed E-state index contributed by atoms with van der Waals surface area (Å²) >= 11 is 0. The maximum Gasteiger partial charge on any atom is 0.0766 e. The van der Waals surface area contributed by atoms with Gasteiger partial charge in [-0.3, -0.25) is 0 Å². The molecule has 0 amide bonds. The summed E-state index contributed by atoms with van der Waals surface area (Å²) < 4.78 is 0. The average Bonchev–Trinajstić information content (AvgIpc) is 2.33. The zero-order chi connectivity index (χ0) is 12.9. The van der Waals surface area contributed by atoms with Gasteiger partial charge in [0.05, 0.1) is 5.60 Å². The van der Waals surface area contributed by atoms with Gasteiger partial charge in [-0.15, -0.1) is 0 Å². The lowest BCUT2D eigenvalue weighted by Crippen LogP contribution is -2.39. The summed E-state index contributed by atoms with van der Waals surface area (Å²) in [4.78, 5) is 0. The third-order valence-corrected chi connectivity index (χ3v) is 3.67. The van der Waals surface area contributed by atoms with E-state index in [1.807, 2.05) is 13.8 Å². The van der Waals surface area contributed by atoms with Crippen LogP contribution in [0.1, 0.15) is 43.4 Å². The van der Waals surface area contributed by atoms with Gasteiger partial charge in [0.15, 0.2) is 0 Å². The van der Waals surface area contributed by atoms with Crippen molar-refractivity contribution in [1.82, 2.24) is 5.32 Å². The standard InChI is InChI=1S/C15H25NO/c1-5-15(17,6-2)11-16-10-14-8-7-12(3)13(4)9-14/h7-9,16-17H,5-6,10-11H2,1-4H3. The van der Waals surface area contributed by atoms with Crippen molar-refractivity contribution in [2.45, 2.75) is 52.7 Å². The van der Waals surface area contributed by atoms with Crippen molar-refractivity contribution in [2.75, 3.05) is 6.54 Å². The molecule has 1 rings (SSSR count). The van der Waals surface area contributed by atoms with Crippen molar-refractivity contribution in [3.63, 3.8) is 0 Å². The van der Waals surface area contributed by atoms with Crippen LogP contribution in [0.3, 0.4) is 0 Å². The van der Waals surface area contributed by atoms with E-state index >= 15 is 0 Å². The van der Waals surface area contributed by atoms with Crippen LogP contribution >= 0.6 is 0 Å². The van der Waals surface area contributed by atoms with Crippen LogP contribution in [-0.2, 0) is 6.54 Å². The van der Waals surface area contributed by atoms with E-state index in [9.17, 15) is 5.11 Å². The van der Waals surface area contributed by atoms with E-state index in [0.717, 1.165) is 19.4 Å². The van der Waals surface area contributed by atoms with Crippen molar-refractivity contribution in [1.29, 1.82) is 0 Å². The van der Waals surface area contributed by atoms with Gasteiger partial charge < -0.3 is 10.4 Å². The van der Waals surface area contributed by atoms with E-state index in [2.05, 4.69) is 37.4 Å². The van der Waals surface area contributed by atoms with Gasteiger partial charge in [-0.2, -0.15) is 0 Å². The highest BCUT2D eigenvalue weighted by Gasteiger charge is 2.20. The molecule has 1 aromatic carbocycles. The SMILES string of the molecule is CCC(O)(CC)CNCc1ccc(C)c(C)c1. The molecule has 0 radical (unpaired) electrons. The Balaban J connectivity index is 2.48. The fourth-order valence-corrected chi connectivity index (χ4v) is 1.85. The van der Waals surface area contributed by atoms with Crippen LogP contribution in [0.4, 0.5) is 0 Å². The fourth-order valence-electron chi connectivity index (χ4n) is 1.85. The van der Waals surface area contributed by atoms with Gasteiger partial charge in [0.2, 0.25) is 0 Å². The Labute approximate surface area is 105 Å². The first-order valence-corrected chi connectivity index (χ1v) is 6.50. The van der Waals surface area contributed by atoms with Crippen LogP contribution in [0.25, 0.3) is 0 Å². The van der Waals surface area contributed by atoms with Crippen LogP contribution < -0.4 is 5.32 Å². The summed E-state index contributed by atoms with van der Waals surface area (Å²) in [6.45, 7) is 9.80. The molecule has 0 fully saturated rings. The summed E-state index contributed by atoms with van der Waals surface area (Å²) in [5.74, 6) is 0. The average molecular weight is 235 g/mol. The molecular weight excluding hydrogens is 210 g/mol. The second kappa shape index (κ2) is 6.18. The van der Waals surface area contributed by atoms with Crippen molar-refractivity contribution in [2.24, 2.45) is 0 Å². The Bertz CT molecular complexity index is 356. The molecule has 0 aliphatic heterocycles. The minimum atomic E-state index is -0.556. The van der Waals surface area contributed by atoms with Gasteiger partial charge in [-0.1, -0.05) is 32.0 Å². The molecule has 1 aromatic rings. The number of aryl methyl sites for hydroxylation is 2. The molecule has 0 bridgehead atoms. The van der Waals surface area contributed by atoms with Crippen molar-refractivity contribution in [3.8, 4) is 0 Å². The summed E-state index contributed by atoms with van der Waals surface area (Å²) in [7, 11) is 0. The minimum Gasteiger partial charge on any atom is -0.389 e. The van der Waals surface area contributed by atoms with Gasteiger partial charge >= 0.3 is 0 Å². The molecule has 0 saturated carbocycles. The van der Waals surface area contributed by atoms with Crippen LogP contribution in [0.5, 0.6) is 0 Å². The zero-order valence-corrected chi connectivity index (χ0v) is 11.5. The number of aliphatic hydroxyl groups is 1. The first-order valence-electron chi connectivity index (χ1n) is 6.50. The second-order valence-corrected chi connectivity index (χ2v) is 4.95. The lowest BCUT2D eigenvalue weighted by molar-refractivity contribution is 0.0323. The van der Waals surface area contributed by atoms with Gasteiger partial charge in [0, 0.05) is 13.1 Å². The van der Waals surface area contributed by atoms with Crippen molar-refractivity contribution in [3.05, 3.63) is 34.9 Å². The molecule has 0 aromatic heterocycles. The molecule has 0 heterocycles. The highest BCUT2D eigenvalue weighted by Crippen LogP contribution is 2.14. The molecule has 96 valence electrons. The number of benzene rings is 1. The number of rotatable bonds is 6. The van der Waals surface area contributed by atoms with Gasteiger partial charge in [0.1, 0.15) is 0 Å². The molecule has 0 spiro atoms. The van der Waals surface area contributed by atoms with E-state index < -0.39 is 5.60 Å². The van der Waals surface area contributed by atoms with Gasteiger partial charge in [-0.25, -0.2) is 0 Å². The molecule has 0 aliphatic rings. The summed E-state index contributed by atoms with van der Waals surface area (Å²) in [6.07, 6.45) is 1.59. The molecule has 0 atom stereocenters. The third-order valence-electron chi connectivity index (χ3n) is 3.67. The Hall–Kier alpha value is -0.860. The summed E-state index contributed by atoms with van der Waals surface area (Å²) in [5, 5.41) is 13.5. The molecule has 2 nitrogen and oxygen atoms in total. The smallest absolute Gasteiger partial charge is 0.0766 e. The number of hydrogen-bond acceptors (Lipinski definition) is 2. The van der Waals surface area contributed by atoms with E-state index in [1.165, 1.54) is 16.7 Å². The quantitative estimate of drug-likeness (QED) is 0.794. The lowest BCUT2D eigenvalue weighted by atomic mass is 9.97. The Morgan fingerprint density at radius 1 is 1.12 bits per heavy atom. The first kappa shape index (κ1) is 14.2. The Morgan fingerprint density at radius 2 is 1.76 bits per heavy atom. The first-order chi connectivity index (χ1) is 8.00. The van der Waals surface area contributed by atoms with Crippen LogP contribution in [0.15, 0.2) is 18.2 Å². The molecule has 0 saturated heterocycles. The number of hydrogen-bond donors (Lipinski definition) is 2. The molecule has 2 N–H and O–H groups in total. The van der Waals surface area contributed by atoms with Crippen LogP contribution in [0.2, 0.25) is 0 Å². The summed E-state index contributed by atoms with van der Waals surface area (Å²) in [5.41, 5.74) is 3.38. The maximum absolute atomic E-state index is 10.1. The van der Waals surface area contributed by atoms with Crippen molar-refractivity contribution >= 4 is 0 Å². The maximum atomic E-state index is 10.1. The van der Waals surface area contributed by atoms with Crippen LogP contribution in [0, 0.1) is 13.8 Å². The van der Waals surface area contributed by atoms with Gasteiger partial charge in [-0.05, 0) is 43.4 Å². The fraction of sp³-hybridized carbons (Fsp3) is 0.600. The lowest BCUT2D eigenvalue weighted by Gasteiger charge is -2.25. The van der Waals surface area contributed by atoms with Crippen molar-refractivity contribution < 1.29 is 5.11 Å². The predicted octanol–water partition coefficient (Wildman–Crippen LogP) is 2.94. The zero-order valence-electron chi connectivity index (χ0n) is 11.5. The molecule has 17 heavy (non-hydrogen) atoms. The van der Waals surface area contributed by atoms with E-state index in [4.69, 9.17) is 0 Å². The normalized spacial score (nSPS) is 11.8. The largest absolute Gasteiger partial charge is 0.389 e. The predicted molar refractivity (Wildman–Crippen MR) is 73.2 cm³/mol. The van der Waals surface area contributed by atoms with E-state index in [-0.39, 0.29) is 0 Å². The molecule has 2 heteroatoms. The molecular formula is C15H25NO. The minimum absolute atomic E-state index is 0.556. The summed E-state index contributed by atoms with van der Waals surface area (Å²) in [6, 6.07) is 6.50.